The molecule has 3 aromatic rings. The summed E-state index contributed by atoms with van der Waals surface area (Å²) in [5.41, 5.74) is 4.12. The molecule has 3 nitrogen and oxygen atoms in total. The second-order valence-electron chi connectivity index (χ2n) is 10.4. The van der Waals surface area contributed by atoms with Gasteiger partial charge in [0.2, 0.25) is 0 Å². The van der Waals surface area contributed by atoms with Gasteiger partial charge in [0.1, 0.15) is 5.75 Å². The number of fused-ring (bicyclic) bond motifs is 3. The number of para-hydroxylation sites is 1. The Morgan fingerprint density at radius 2 is 1.56 bits per heavy atom. The number of piperidine rings is 3. The summed E-state index contributed by atoms with van der Waals surface area (Å²) in [6.45, 7) is 2.12. The fourth-order valence-corrected chi connectivity index (χ4v) is 7.32. The van der Waals surface area contributed by atoms with Crippen LogP contribution in [-0.2, 0) is 6.54 Å². The van der Waals surface area contributed by atoms with E-state index in [9.17, 15) is 0 Å². The largest absolute Gasteiger partial charge is 0.496 e. The molecule has 0 aromatic heterocycles. The van der Waals surface area contributed by atoms with Gasteiger partial charge in [-0.3, -0.25) is 4.90 Å². The summed E-state index contributed by atoms with van der Waals surface area (Å²) in [6.07, 6.45) is 5.48. The molecule has 1 N–H and O–H groups in total. The zero-order valence-electron chi connectivity index (χ0n) is 20.1. The summed E-state index contributed by atoms with van der Waals surface area (Å²) >= 11 is 0. The Labute approximate surface area is 204 Å². The quantitative estimate of drug-likeness (QED) is 0.486. The second kappa shape index (κ2) is 9.56. The summed E-state index contributed by atoms with van der Waals surface area (Å²) in [4.78, 5) is 2.92. The zero-order valence-corrected chi connectivity index (χ0v) is 20.1. The van der Waals surface area contributed by atoms with Crippen molar-refractivity contribution >= 4 is 0 Å². The molecule has 1 aliphatic carbocycles. The van der Waals surface area contributed by atoms with Gasteiger partial charge in [-0.25, -0.2) is 0 Å². The van der Waals surface area contributed by atoms with Crippen molar-refractivity contribution in [2.24, 2.45) is 11.8 Å². The molecule has 3 heteroatoms. The van der Waals surface area contributed by atoms with Crippen LogP contribution in [0.1, 0.15) is 48.3 Å². The molecule has 176 valence electrons. The average molecular weight is 453 g/mol. The van der Waals surface area contributed by atoms with E-state index in [1.54, 1.807) is 7.11 Å². The Balaban J connectivity index is 1.40. The molecule has 8 rings (SSSR count). The molecular formula is C31H36N2O. The lowest BCUT2D eigenvalue weighted by Gasteiger charge is -2.59. The lowest BCUT2D eigenvalue weighted by Crippen LogP contribution is -2.69. The first-order valence-electron chi connectivity index (χ1n) is 13.0. The third kappa shape index (κ3) is 3.95. The second-order valence-corrected chi connectivity index (χ2v) is 10.4. The average Bonchev–Trinajstić information content (AvgIpc) is 3.22. The van der Waals surface area contributed by atoms with Crippen molar-refractivity contribution in [3.05, 3.63) is 102 Å². The maximum Gasteiger partial charge on any atom is 0.123 e. The van der Waals surface area contributed by atoms with Gasteiger partial charge in [-0.15, -0.1) is 0 Å². The summed E-state index contributed by atoms with van der Waals surface area (Å²) < 4.78 is 5.68. The van der Waals surface area contributed by atoms with Crippen molar-refractivity contribution in [3.8, 4) is 5.75 Å². The van der Waals surface area contributed by atoms with E-state index in [-0.39, 0.29) is 0 Å². The van der Waals surface area contributed by atoms with Gasteiger partial charge in [0.15, 0.2) is 0 Å². The number of methoxy groups -OCH3 is 1. The van der Waals surface area contributed by atoms with Crippen LogP contribution in [-0.4, -0.2) is 36.7 Å². The molecule has 4 aliphatic heterocycles. The fraction of sp³-hybridized carbons (Fsp3) is 0.419. The van der Waals surface area contributed by atoms with E-state index >= 15 is 0 Å². The summed E-state index contributed by atoms with van der Waals surface area (Å²) in [6, 6.07) is 32.6. The molecule has 5 fully saturated rings. The molecule has 0 spiro atoms. The summed E-state index contributed by atoms with van der Waals surface area (Å²) in [7, 11) is 1.78. The normalized spacial score (nSPS) is 29.8. The fourth-order valence-electron chi connectivity index (χ4n) is 7.32. The number of benzene rings is 3. The highest BCUT2D eigenvalue weighted by molar-refractivity contribution is 5.37. The molecule has 1 unspecified atom stereocenters. The van der Waals surface area contributed by atoms with Gasteiger partial charge in [0.05, 0.1) is 7.11 Å². The highest BCUT2D eigenvalue weighted by atomic mass is 16.5. The molecular weight excluding hydrogens is 416 g/mol. The SMILES string of the molecule is COc1ccccc1CN[C@H]1[C@@H]2C[C@H]3CCC[C@H]2CN3[C@H]1C(c1ccccc1)c1ccccc1. The summed E-state index contributed by atoms with van der Waals surface area (Å²) in [5, 5.41) is 4.11. The van der Waals surface area contributed by atoms with E-state index in [2.05, 4.69) is 95.1 Å². The van der Waals surface area contributed by atoms with E-state index < -0.39 is 0 Å². The third-order valence-corrected chi connectivity index (χ3v) is 8.77. The number of nitrogens with one attached hydrogen (secondary N) is 1. The van der Waals surface area contributed by atoms with Crippen LogP contribution >= 0.6 is 0 Å². The minimum Gasteiger partial charge on any atom is -0.496 e. The van der Waals surface area contributed by atoms with Crippen LogP contribution in [0.2, 0.25) is 0 Å². The van der Waals surface area contributed by atoms with Crippen molar-refractivity contribution < 1.29 is 4.74 Å². The van der Waals surface area contributed by atoms with E-state index in [1.807, 2.05) is 0 Å². The van der Waals surface area contributed by atoms with Gasteiger partial charge in [-0.2, -0.15) is 0 Å². The maximum absolute atomic E-state index is 5.68. The predicted molar refractivity (Wildman–Crippen MR) is 138 cm³/mol. The first-order valence-corrected chi connectivity index (χ1v) is 13.0. The Kier molecular flexibility index (Phi) is 6.15. The van der Waals surface area contributed by atoms with Gasteiger partial charge in [0, 0.05) is 42.7 Å². The monoisotopic (exact) mass is 452 g/mol. The van der Waals surface area contributed by atoms with Crippen LogP contribution in [0.4, 0.5) is 0 Å². The van der Waals surface area contributed by atoms with Crippen molar-refractivity contribution in [1.82, 2.24) is 10.2 Å². The van der Waals surface area contributed by atoms with Crippen molar-refractivity contribution in [2.45, 2.75) is 56.3 Å². The zero-order chi connectivity index (χ0) is 22.9. The van der Waals surface area contributed by atoms with Crippen molar-refractivity contribution in [2.75, 3.05) is 13.7 Å². The number of hydrogen-bond donors (Lipinski definition) is 1. The standard InChI is InChI=1S/C31H36N2O/c1-34-28-18-9-8-15-24(28)20-32-30-27-19-26-17-10-16-25(27)21-33(26)31(30)29(22-11-4-2-5-12-22)23-13-6-3-7-14-23/h2-9,11-15,18,25-27,29-32H,10,16-17,19-21H2,1H3/t25-,26+,27+,30-,31-/m0/s1. The molecule has 4 heterocycles. The van der Waals surface area contributed by atoms with Crippen LogP contribution in [0.25, 0.3) is 0 Å². The molecule has 6 atom stereocenters. The Morgan fingerprint density at radius 3 is 2.26 bits per heavy atom. The van der Waals surface area contributed by atoms with E-state index in [0.717, 1.165) is 30.2 Å². The molecule has 1 saturated carbocycles. The van der Waals surface area contributed by atoms with Crippen LogP contribution < -0.4 is 10.1 Å². The van der Waals surface area contributed by atoms with Gasteiger partial charge >= 0.3 is 0 Å². The van der Waals surface area contributed by atoms with E-state index in [4.69, 9.17) is 4.74 Å². The minimum absolute atomic E-state index is 0.363. The van der Waals surface area contributed by atoms with Gasteiger partial charge in [-0.1, -0.05) is 85.3 Å². The van der Waals surface area contributed by atoms with E-state index in [0.29, 0.717) is 18.0 Å². The molecule has 34 heavy (non-hydrogen) atoms. The molecule has 4 saturated heterocycles. The number of ether oxygens (including phenoxy) is 1. The molecule has 5 aliphatic rings. The Bertz CT molecular complexity index is 1050. The van der Waals surface area contributed by atoms with Gasteiger partial charge in [-0.05, 0) is 48.3 Å². The highest BCUT2D eigenvalue weighted by Crippen LogP contribution is 2.50. The molecule has 4 bridgehead atoms. The topological polar surface area (TPSA) is 24.5 Å². The first kappa shape index (κ1) is 21.9. The lowest BCUT2D eigenvalue weighted by molar-refractivity contribution is -0.0646. The van der Waals surface area contributed by atoms with Crippen LogP contribution in [0.15, 0.2) is 84.9 Å². The number of rotatable bonds is 7. The maximum atomic E-state index is 5.68. The van der Waals surface area contributed by atoms with Crippen LogP contribution in [0, 0.1) is 11.8 Å². The first-order chi connectivity index (χ1) is 16.8. The Morgan fingerprint density at radius 1 is 0.882 bits per heavy atom. The minimum atomic E-state index is 0.363. The van der Waals surface area contributed by atoms with Crippen molar-refractivity contribution in [1.29, 1.82) is 0 Å². The lowest BCUT2D eigenvalue weighted by atomic mass is 9.65. The van der Waals surface area contributed by atoms with Crippen LogP contribution in [0.3, 0.4) is 0 Å². The predicted octanol–water partition coefficient (Wildman–Crippen LogP) is 5.86. The third-order valence-electron chi connectivity index (χ3n) is 8.77. The highest BCUT2D eigenvalue weighted by Gasteiger charge is 2.54. The number of hydrogen-bond acceptors (Lipinski definition) is 3. The smallest absolute Gasteiger partial charge is 0.123 e. The molecule has 3 aromatic carbocycles. The Hall–Kier alpha value is -2.62. The molecule has 0 amide bonds. The molecule has 0 radical (unpaired) electrons. The van der Waals surface area contributed by atoms with Crippen LogP contribution in [0.5, 0.6) is 5.75 Å². The van der Waals surface area contributed by atoms with Crippen molar-refractivity contribution in [3.63, 3.8) is 0 Å². The van der Waals surface area contributed by atoms with Gasteiger partial charge < -0.3 is 10.1 Å². The van der Waals surface area contributed by atoms with Gasteiger partial charge in [0.25, 0.3) is 0 Å². The van der Waals surface area contributed by atoms with E-state index in [1.165, 1.54) is 48.9 Å². The number of nitrogens with zero attached hydrogens (tertiary/aromatic N) is 1. The summed E-state index contributed by atoms with van der Waals surface area (Å²) in [5.74, 6) is 2.90.